The van der Waals surface area contributed by atoms with Crippen molar-refractivity contribution in [3.05, 3.63) is 109 Å². The van der Waals surface area contributed by atoms with Crippen molar-refractivity contribution in [1.29, 1.82) is 0 Å². The van der Waals surface area contributed by atoms with E-state index < -0.39 is 18.1 Å². The number of unbranched alkanes of at least 4 members (excludes halogenated alkanes) is 8. The number of likely N-dealkylation sites (N-methyl/N-ethyl adjacent to an activating group) is 1. The zero-order valence-corrected chi connectivity index (χ0v) is 39.0. The summed E-state index contributed by atoms with van der Waals surface area (Å²) < 4.78 is 17.1. The lowest BCUT2D eigenvalue weighted by Crippen LogP contribution is -2.55. The zero-order chi connectivity index (χ0) is 44.9. The number of carbonyl (C=O) groups is 3. The molecule has 0 fully saturated rings. The van der Waals surface area contributed by atoms with Crippen LogP contribution in [-0.2, 0) is 28.6 Å². The van der Waals surface area contributed by atoms with Crippen molar-refractivity contribution in [3.63, 3.8) is 0 Å². The lowest BCUT2D eigenvalue weighted by atomic mass is 10.1. The molecule has 2 unspecified atom stereocenters. The van der Waals surface area contributed by atoms with E-state index in [2.05, 4.69) is 123 Å². The van der Waals surface area contributed by atoms with Crippen LogP contribution in [-0.4, -0.2) is 75.5 Å². The topological polar surface area (TPSA) is 102 Å². The third-order valence-electron chi connectivity index (χ3n) is 9.65. The Hall–Kier alpha value is -4.01. The average molecular weight is 848 g/mol. The van der Waals surface area contributed by atoms with Gasteiger partial charge in [-0.05, 0) is 96.3 Å². The van der Waals surface area contributed by atoms with Gasteiger partial charge in [-0.3, -0.25) is 9.59 Å². The first-order valence-electron chi connectivity index (χ1n) is 23.4. The molecule has 0 aliphatic rings. The Morgan fingerprint density at radius 2 is 0.869 bits per heavy atom. The molecule has 2 atom stereocenters. The fraction of sp³-hybridized carbons (Fsp3) is 0.604. The number of aliphatic carboxylic acids is 1. The second-order valence-corrected chi connectivity index (χ2v) is 16.2. The van der Waals surface area contributed by atoms with Gasteiger partial charge in [-0.1, -0.05) is 149 Å². The fourth-order valence-corrected chi connectivity index (χ4v) is 6.09. The second-order valence-electron chi connectivity index (χ2n) is 16.2. The minimum atomic E-state index is -1.14. The molecule has 0 aromatic heterocycles. The molecular weight excluding hydrogens is 763 g/mol. The standard InChI is InChI=1S/C53H85NO7/c1-6-8-10-12-14-16-18-20-22-24-25-26-27-28-30-31-33-35-37-39-41-43-51(55)60-48-49(47-59-46-45-50(53(57)58)54(3,4)5)61-52(56)44-42-40-38-36-34-32-29-23-21-19-17-15-13-11-9-7-2/h8-11,14-17,20-23,25-26,28,30,33,35,49-50H,6-7,12-13,18-19,24,27,29,31-32,34,36-48H2,1-5H3/b10-8+,11-9+,16-14+,17-15+,22-20+,23-21+,26-25+,30-28+,35-33+. The molecule has 0 saturated heterocycles. The molecule has 0 N–H and O–H groups in total. The predicted molar refractivity (Wildman–Crippen MR) is 254 cm³/mol. The minimum absolute atomic E-state index is 0.0135. The molecule has 0 rings (SSSR count). The number of carboxylic acid groups (broad SMARTS) is 1. The Kier molecular flexibility index (Phi) is 39.9. The molecule has 8 heteroatoms. The molecule has 0 bridgehead atoms. The summed E-state index contributed by atoms with van der Waals surface area (Å²) in [5, 5.41) is 11.6. The molecule has 0 aromatic carbocycles. The van der Waals surface area contributed by atoms with Crippen LogP contribution in [0.5, 0.6) is 0 Å². The molecule has 0 aliphatic carbocycles. The normalized spacial score (nSPS) is 13.9. The number of rotatable bonds is 40. The van der Waals surface area contributed by atoms with Gasteiger partial charge in [0.05, 0.1) is 40.3 Å². The smallest absolute Gasteiger partial charge is 0.306 e. The van der Waals surface area contributed by atoms with Crippen LogP contribution in [0.4, 0.5) is 0 Å². The Morgan fingerprint density at radius 3 is 1.31 bits per heavy atom. The molecule has 0 radical (unpaired) electrons. The van der Waals surface area contributed by atoms with Gasteiger partial charge in [-0.15, -0.1) is 0 Å². The summed E-state index contributed by atoms with van der Waals surface area (Å²) in [6.45, 7) is 4.35. The highest BCUT2D eigenvalue weighted by Crippen LogP contribution is 2.12. The molecule has 0 aromatic rings. The molecule has 344 valence electrons. The van der Waals surface area contributed by atoms with Gasteiger partial charge in [0.1, 0.15) is 12.6 Å². The molecule has 0 saturated carbocycles. The van der Waals surface area contributed by atoms with Gasteiger partial charge in [-0.25, -0.2) is 0 Å². The largest absolute Gasteiger partial charge is 0.544 e. The highest BCUT2D eigenvalue weighted by Gasteiger charge is 2.25. The van der Waals surface area contributed by atoms with Gasteiger partial charge in [0.2, 0.25) is 0 Å². The lowest BCUT2D eigenvalue weighted by Gasteiger charge is -2.34. The number of nitrogens with zero attached hydrogens (tertiary/aromatic N) is 1. The summed E-state index contributed by atoms with van der Waals surface area (Å²) in [7, 11) is 5.38. The number of allylic oxidation sites excluding steroid dienone is 18. The van der Waals surface area contributed by atoms with Crippen LogP contribution in [0.2, 0.25) is 0 Å². The van der Waals surface area contributed by atoms with Crippen molar-refractivity contribution in [1.82, 2.24) is 0 Å². The summed E-state index contributed by atoms with van der Waals surface area (Å²) in [6, 6.07) is -0.742. The molecule has 8 nitrogen and oxygen atoms in total. The van der Waals surface area contributed by atoms with E-state index in [1.807, 2.05) is 0 Å². The van der Waals surface area contributed by atoms with Crippen molar-refractivity contribution in [2.45, 2.75) is 167 Å². The first-order valence-corrected chi connectivity index (χ1v) is 23.4. The van der Waals surface area contributed by atoms with E-state index in [9.17, 15) is 19.5 Å². The van der Waals surface area contributed by atoms with E-state index in [0.717, 1.165) is 103 Å². The van der Waals surface area contributed by atoms with E-state index >= 15 is 0 Å². The third kappa shape index (κ3) is 41.1. The van der Waals surface area contributed by atoms with Crippen molar-refractivity contribution in [3.8, 4) is 0 Å². The number of esters is 2. The third-order valence-corrected chi connectivity index (χ3v) is 9.65. The highest BCUT2D eigenvalue weighted by molar-refractivity contribution is 5.70. The molecule has 0 heterocycles. The Balaban J connectivity index is 4.43. The minimum Gasteiger partial charge on any atom is -0.544 e. The second kappa shape index (κ2) is 42.7. The van der Waals surface area contributed by atoms with Crippen LogP contribution in [0.25, 0.3) is 0 Å². The summed E-state index contributed by atoms with van der Waals surface area (Å²) >= 11 is 0. The van der Waals surface area contributed by atoms with Gasteiger partial charge in [0.25, 0.3) is 0 Å². The van der Waals surface area contributed by atoms with E-state index in [-0.39, 0.29) is 55.5 Å². The maximum absolute atomic E-state index is 12.7. The van der Waals surface area contributed by atoms with Crippen LogP contribution in [0.3, 0.4) is 0 Å². The van der Waals surface area contributed by atoms with Crippen molar-refractivity contribution in [2.75, 3.05) is 41.0 Å². The highest BCUT2D eigenvalue weighted by atomic mass is 16.6. The number of carbonyl (C=O) groups excluding carboxylic acids is 3. The van der Waals surface area contributed by atoms with Crippen LogP contribution in [0, 0.1) is 0 Å². The summed E-state index contributed by atoms with van der Waals surface area (Å²) in [5.41, 5.74) is 0. The quantitative estimate of drug-likeness (QED) is 0.0262. The molecule has 61 heavy (non-hydrogen) atoms. The molecular formula is C53H85NO7. The van der Waals surface area contributed by atoms with Gasteiger partial charge >= 0.3 is 11.9 Å². The SMILES string of the molecule is CC/C=C/C/C=C/C/C=C/C/C=C/C/C=C/C/C=C/CCCCC(=O)OCC(COCCC(C(=O)[O-])[N+](C)(C)C)OC(=O)CCCCCCCC/C=C/C/C=C/C/C=C/CC. The van der Waals surface area contributed by atoms with Crippen molar-refractivity contribution < 1.29 is 38.2 Å². The van der Waals surface area contributed by atoms with E-state index in [1.165, 1.54) is 12.8 Å². The van der Waals surface area contributed by atoms with Gasteiger partial charge in [0.15, 0.2) is 6.10 Å². The van der Waals surface area contributed by atoms with Crippen LogP contribution >= 0.6 is 0 Å². The molecule has 0 amide bonds. The van der Waals surface area contributed by atoms with Crippen LogP contribution in [0.1, 0.15) is 155 Å². The zero-order valence-electron chi connectivity index (χ0n) is 39.0. The number of carboxylic acids is 1. The number of hydrogen-bond donors (Lipinski definition) is 0. The van der Waals surface area contributed by atoms with Gasteiger partial charge in [0, 0.05) is 19.3 Å². The summed E-state index contributed by atoms with van der Waals surface area (Å²) in [5.74, 6) is -1.82. The average Bonchev–Trinajstić information content (AvgIpc) is 3.22. The molecule has 0 spiro atoms. The maximum Gasteiger partial charge on any atom is 0.306 e. The van der Waals surface area contributed by atoms with Crippen LogP contribution in [0.15, 0.2) is 109 Å². The number of hydrogen-bond acceptors (Lipinski definition) is 7. The van der Waals surface area contributed by atoms with Gasteiger partial charge in [-0.2, -0.15) is 0 Å². The van der Waals surface area contributed by atoms with E-state index in [0.29, 0.717) is 6.42 Å². The van der Waals surface area contributed by atoms with Crippen LogP contribution < -0.4 is 5.11 Å². The Morgan fingerprint density at radius 1 is 0.492 bits per heavy atom. The fourth-order valence-electron chi connectivity index (χ4n) is 6.09. The van der Waals surface area contributed by atoms with Crippen molar-refractivity contribution in [2.24, 2.45) is 0 Å². The van der Waals surface area contributed by atoms with Crippen molar-refractivity contribution >= 4 is 17.9 Å². The monoisotopic (exact) mass is 848 g/mol. The van der Waals surface area contributed by atoms with Gasteiger partial charge < -0.3 is 28.6 Å². The number of ether oxygens (including phenoxy) is 3. The first kappa shape index (κ1) is 57.0. The summed E-state index contributed by atoms with van der Waals surface area (Å²) in [6.07, 6.45) is 58.3. The summed E-state index contributed by atoms with van der Waals surface area (Å²) in [4.78, 5) is 36.9. The maximum atomic E-state index is 12.7. The Labute approximate surface area is 372 Å². The Bertz CT molecular complexity index is 1360. The van der Waals surface area contributed by atoms with E-state index in [1.54, 1.807) is 21.1 Å². The first-order chi connectivity index (χ1) is 29.6. The van der Waals surface area contributed by atoms with E-state index in [4.69, 9.17) is 14.2 Å². The lowest BCUT2D eigenvalue weighted by molar-refractivity contribution is -0.889. The predicted octanol–water partition coefficient (Wildman–Crippen LogP) is 11.9. The number of quaternary nitrogens is 1. The molecule has 0 aliphatic heterocycles.